The molecule has 158 valence electrons. The van der Waals surface area contributed by atoms with Crippen molar-refractivity contribution in [1.82, 2.24) is 0 Å². The third kappa shape index (κ3) is 4.02. The lowest BCUT2D eigenvalue weighted by molar-refractivity contribution is -0.147. The van der Waals surface area contributed by atoms with Gasteiger partial charge in [0.1, 0.15) is 6.61 Å². The molecule has 1 aromatic rings. The molecule has 2 rings (SSSR count). The first-order valence-corrected chi connectivity index (χ1v) is 8.64. The van der Waals surface area contributed by atoms with Gasteiger partial charge >= 0.3 is 11.9 Å². The van der Waals surface area contributed by atoms with Gasteiger partial charge in [-0.15, -0.1) is 12.3 Å². The van der Waals surface area contributed by atoms with Gasteiger partial charge in [-0.2, -0.15) is 0 Å². The van der Waals surface area contributed by atoms with E-state index in [0.717, 1.165) is 7.11 Å². The van der Waals surface area contributed by atoms with Gasteiger partial charge in [-0.3, -0.25) is 9.59 Å². The maximum Gasteiger partial charge on any atom is 0.335 e. The predicted octanol–water partition coefficient (Wildman–Crippen LogP) is 3.71. The number of methoxy groups -OCH3 is 1. The summed E-state index contributed by atoms with van der Waals surface area (Å²) in [4.78, 5) is 26.9. The van der Waals surface area contributed by atoms with Crippen LogP contribution in [0.4, 0.5) is 17.6 Å². The molecule has 0 bridgehead atoms. The Morgan fingerprint density at radius 2 is 1.70 bits per heavy atom. The second-order valence-corrected chi connectivity index (χ2v) is 7.18. The van der Waals surface area contributed by atoms with E-state index in [9.17, 15) is 27.2 Å². The molecule has 0 spiro atoms. The van der Waals surface area contributed by atoms with Crippen molar-refractivity contribution in [2.24, 2.45) is 17.3 Å². The molecule has 30 heavy (non-hydrogen) atoms. The Kier molecular flexibility index (Phi) is 6.57. The lowest BCUT2D eigenvalue weighted by atomic mass is 10.1. The Morgan fingerprint density at radius 1 is 1.17 bits per heavy atom. The van der Waals surface area contributed by atoms with Crippen molar-refractivity contribution in [3.05, 3.63) is 57.6 Å². The molecule has 1 aliphatic rings. The van der Waals surface area contributed by atoms with E-state index in [2.05, 4.69) is 9.58 Å². The van der Waals surface area contributed by atoms with Gasteiger partial charge in [0.15, 0.2) is 23.3 Å². The number of carbonyl (C=O) groups excluding carboxylic acids is 2. The average Bonchev–Trinajstić information content (AvgIpc) is 3.26. The first kappa shape index (κ1) is 23.0. The molecule has 0 aromatic heterocycles. The van der Waals surface area contributed by atoms with Gasteiger partial charge in [-0.25, -0.2) is 22.4 Å². The zero-order chi connectivity index (χ0) is 22.8. The summed E-state index contributed by atoms with van der Waals surface area (Å²) in [6.07, 6.45) is 5.55. The van der Waals surface area contributed by atoms with Crippen molar-refractivity contribution < 1.29 is 36.6 Å². The van der Waals surface area contributed by atoms with Crippen LogP contribution in [0, 0.1) is 59.4 Å². The highest BCUT2D eigenvalue weighted by Crippen LogP contribution is 2.60. The number of ether oxygens (including phenoxy) is 2. The molecule has 0 radical (unpaired) electrons. The fourth-order valence-electron chi connectivity index (χ4n) is 3.20. The van der Waals surface area contributed by atoms with E-state index in [1.165, 1.54) is 6.08 Å². The van der Waals surface area contributed by atoms with Crippen LogP contribution >= 0.6 is 0 Å². The lowest BCUT2D eigenvalue weighted by Crippen LogP contribution is -2.14. The predicted molar refractivity (Wildman–Crippen MR) is 96.1 cm³/mol. The molecule has 1 saturated carbocycles. The first-order chi connectivity index (χ1) is 14.0. The third-order valence-corrected chi connectivity index (χ3v) is 5.10. The highest BCUT2D eigenvalue weighted by molar-refractivity contribution is 5.91. The number of nitrogens with zero attached hydrogens (tertiary/aromatic N) is 1. The molecular weight excluding hydrogens is 406 g/mol. The molecule has 0 amide bonds. The molecule has 0 saturated heterocycles. The van der Waals surface area contributed by atoms with Crippen LogP contribution in [-0.4, -0.2) is 19.0 Å². The summed E-state index contributed by atoms with van der Waals surface area (Å²) in [6.45, 7) is 9.29. The fourth-order valence-corrected chi connectivity index (χ4v) is 3.20. The minimum absolute atomic E-state index is 0.323. The Hall–Kier alpha value is -3.33. The molecular formula is C21H17F4NO4. The van der Waals surface area contributed by atoms with Gasteiger partial charge in [-0.05, 0) is 11.3 Å². The van der Waals surface area contributed by atoms with E-state index >= 15 is 0 Å². The zero-order valence-electron chi connectivity index (χ0n) is 16.3. The monoisotopic (exact) mass is 423 g/mol. The van der Waals surface area contributed by atoms with Crippen molar-refractivity contribution in [2.75, 3.05) is 7.11 Å². The first-order valence-electron chi connectivity index (χ1n) is 8.64. The van der Waals surface area contributed by atoms with Crippen LogP contribution in [0.2, 0.25) is 0 Å². The zero-order valence-corrected chi connectivity index (χ0v) is 16.3. The Labute approximate surface area is 170 Å². The Balaban J connectivity index is 2.21. The van der Waals surface area contributed by atoms with Gasteiger partial charge in [0.25, 0.3) is 5.70 Å². The highest BCUT2D eigenvalue weighted by atomic mass is 19.2. The largest absolute Gasteiger partial charge is 0.474 e. The standard InChI is InChI=1S/C21H17F4NO4/c1-6-7-10-15(22)17(24)11(18(25)16(10)23)9-30-20(28)14-12(21(14,2)3)8-13(26-4)19(27)29-5/h1,8,12,14H,7,9H2,2-3,5H3. The number of hydrogen-bond donors (Lipinski definition) is 0. The second-order valence-electron chi connectivity index (χ2n) is 7.18. The van der Waals surface area contributed by atoms with Crippen molar-refractivity contribution in [2.45, 2.75) is 26.9 Å². The quantitative estimate of drug-likeness (QED) is 0.175. The van der Waals surface area contributed by atoms with Crippen molar-refractivity contribution in [1.29, 1.82) is 0 Å². The highest BCUT2D eigenvalue weighted by Gasteiger charge is 2.61. The van der Waals surface area contributed by atoms with Crippen molar-refractivity contribution >= 4 is 11.9 Å². The average molecular weight is 423 g/mol. The smallest absolute Gasteiger partial charge is 0.335 e. The number of carbonyl (C=O) groups is 2. The number of halogens is 4. The summed E-state index contributed by atoms with van der Waals surface area (Å²) in [5.41, 5.74) is -3.05. The minimum atomic E-state index is -1.69. The fraction of sp³-hybridized carbons (Fsp3) is 0.381. The summed E-state index contributed by atoms with van der Waals surface area (Å²) in [5, 5.41) is 0. The van der Waals surface area contributed by atoms with Crippen LogP contribution in [0.15, 0.2) is 11.8 Å². The van der Waals surface area contributed by atoms with Gasteiger partial charge in [0.2, 0.25) is 0 Å². The van der Waals surface area contributed by atoms with Crippen LogP contribution in [0.3, 0.4) is 0 Å². The summed E-state index contributed by atoms with van der Waals surface area (Å²) in [5.74, 6) is -7.97. The molecule has 0 heterocycles. The Bertz CT molecular complexity index is 988. The van der Waals surface area contributed by atoms with Gasteiger partial charge in [0, 0.05) is 12.0 Å². The maximum absolute atomic E-state index is 14.1. The molecule has 2 unspecified atom stereocenters. The van der Waals surface area contributed by atoms with E-state index in [1.807, 2.05) is 5.92 Å². The van der Waals surface area contributed by atoms with Crippen molar-refractivity contribution in [3.8, 4) is 12.3 Å². The maximum atomic E-state index is 14.1. The molecule has 1 aliphatic carbocycles. The number of benzene rings is 1. The topological polar surface area (TPSA) is 57.0 Å². The van der Waals surface area contributed by atoms with Gasteiger partial charge in [0.05, 0.1) is 25.2 Å². The summed E-state index contributed by atoms with van der Waals surface area (Å²) >= 11 is 0. The Morgan fingerprint density at radius 3 is 2.17 bits per heavy atom. The summed E-state index contributed by atoms with van der Waals surface area (Å²) < 4.78 is 65.5. The molecule has 5 nitrogen and oxygen atoms in total. The number of terminal acetylenes is 1. The van der Waals surface area contributed by atoms with E-state index in [0.29, 0.717) is 0 Å². The van der Waals surface area contributed by atoms with Gasteiger partial charge < -0.3 is 9.47 Å². The number of esters is 2. The number of allylic oxidation sites excluding steroid dienone is 1. The van der Waals surface area contributed by atoms with Crippen LogP contribution in [0.1, 0.15) is 25.0 Å². The normalized spacial score (nSPS) is 19.4. The molecule has 9 heteroatoms. The molecule has 2 atom stereocenters. The number of rotatable bonds is 6. The SMILES string of the molecule is [C-]#[N+]C(=CC1C(C(=O)OCc2c(F)c(F)c(CC#C)c(F)c2F)C1(C)C)C(=O)OC. The summed E-state index contributed by atoms with van der Waals surface area (Å²) in [6, 6.07) is 0. The molecule has 0 N–H and O–H groups in total. The molecule has 0 aliphatic heterocycles. The number of hydrogen-bond acceptors (Lipinski definition) is 4. The van der Waals surface area contributed by atoms with E-state index in [-0.39, 0.29) is 5.70 Å². The summed E-state index contributed by atoms with van der Waals surface area (Å²) in [7, 11) is 1.10. The van der Waals surface area contributed by atoms with E-state index < -0.39 is 76.6 Å². The minimum Gasteiger partial charge on any atom is -0.474 e. The third-order valence-electron chi connectivity index (χ3n) is 5.10. The van der Waals surface area contributed by atoms with Gasteiger partial charge in [-0.1, -0.05) is 19.9 Å². The second kappa shape index (κ2) is 8.58. The van der Waals surface area contributed by atoms with Crippen molar-refractivity contribution in [3.63, 3.8) is 0 Å². The van der Waals surface area contributed by atoms with Crippen LogP contribution in [-0.2, 0) is 32.1 Å². The van der Waals surface area contributed by atoms with Crippen LogP contribution < -0.4 is 0 Å². The van der Waals surface area contributed by atoms with E-state index in [4.69, 9.17) is 17.7 Å². The lowest BCUT2D eigenvalue weighted by Gasteiger charge is -2.11. The van der Waals surface area contributed by atoms with Crippen LogP contribution in [0.25, 0.3) is 4.85 Å². The molecule has 1 aromatic carbocycles. The molecule has 1 fully saturated rings. The van der Waals surface area contributed by atoms with E-state index in [1.54, 1.807) is 13.8 Å². The van der Waals surface area contributed by atoms with Crippen LogP contribution in [0.5, 0.6) is 0 Å².